The van der Waals surface area contributed by atoms with Gasteiger partial charge in [0.1, 0.15) is 0 Å². The molecule has 1 atom stereocenters. The minimum atomic E-state index is -3.13. The Kier molecular flexibility index (Phi) is 10.0. The molecule has 0 heterocycles. The number of hydrogen-bond acceptors (Lipinski definition) is 3. The first-order valence-electron chi connectivity index (χ1n) is 8.30. The van der Waals surface area contributed by atoms with Crippen LogP contribution < -0.4 is 10.6 Å². The van der Waals surface area contributed by atoms with Gasteiger partial charge in [-0.2, -0.15) is 0 Å². The van der Waals surface area contributed by atoms with Crippen molar-refractivity contribution in [3.8, 4) is 0 Å². The number of benzene rings is 1. The molecule has 5 nitrogen and oxygen atoms in total. The van der Waals surface area contributed by atoms with Crippen LogP contribution in [0.5, 0.6) is 0 Å². The summed E-state index contributed by atoms with van der Waals surface area (Å²) < 4.78 is 23.5. The Morgan fingerprint density at radius 3 is 2.40 bits per heavy atom. The average Bonchev–Trinajstić information content (AvgIpc) is 2.49. The number of aryl methyl sites for hydroxylation is 1. The summed E-state index contributed by atoms with van der Waals surface area (Å²) in [5, 5.41) is 6.33. The molecular weight excluding hydrogens is 449 g/mol. The average molecular weight is 481 g/mol. The third-order valence-corrected chi connectivity index (χ3v) is 6.61. The van der Waals surface area contributed by atoms with E-state index < -0.39 is 14.6 Å². The Hall–Kier alpha value is -0.830. The molecule has 0 radical (unpaired) electrons. The van der Waals surface area contributed by atoms with Gasteiger partial charge in [-0.15, -0.1) is 24.0 Å². The molecule has 1 aromatic rings. The summed E-state index contributed by atoms with van der Waals surface area (Å²) in [4.78, 5) is 4.15. The van der Waals surface area contributed by atoms with Crippen molar-refractivity contribution in [1.29, 1.82) is 0 Å². The highest BCUT2D eigenvalue weighted by Crippen LogP contribution is 2.16. The molecular formula is C18H32IN3O2S. The van der Waals surface area contributed by atoms with Crippen LogP contribution in [0, 0.1) is 6.92 Å². The topological polar surface area (TPSA) is 70.6 Å². The summed E-state index contributed by atoms with van der Waals surface area (Å²) in [5.41, 5.74) is 2.52. The predicted octanol–water partition coefficient (Wildman–Crippen LogP) is 3.09. The third kappa shape index (κ3) is 7.94. The van der Waals surface area contributed by atoms with Gasteiger partial charge in [-0.25, -0.2) is 8.42 Å². The molecule has 1 aromatic carbocycles. The molecule has 0 aliphatic carbocycles. The number of nitrogens with zero attached hydrogens (tertiary/aromatic N) is 1. The zero-order valence-electron chi connectivity index (χ0n) is 16.1. The van der Waals surface area contributed by atoms with E-state index in [2.05, 4.69) is 53.7 Å². The van der Waals surface area contributed by atoms with Gasteiger partial charge in [-0.3, -0.25) is 4.99 Å². The Morgan fingerprint density at radius 2 is 1.88 bits per heavy atom. The largest absolute Gasteiger partial charge is 0.356 e. The van der Waals surface area contributed by atoms with Crippen LogP contribution in [0.25, 0.3) is 0 Å². The zero-order valence-corrected chi connectivity index (χ0v) is 19.2. The highest BCUT2D eigenvalue weighted by molar-refractivity contribution is 14.0. The van der Waals surface area contributed by atoms with Crippen molar-refractivity contribution in [2.45, 2.75) is 45.3 Å². The second-order valence-corrected chi connectivity index (χ2v) is 9.99. The lowest BCUT2D eigenvalue weighted by atomic mass is 9.99. The quantitative estimate of drug-likeness (QED) is 0.372. The Balaban J connectivity index is 0.00000576. The van der Waals surface area contributed by atoms with Gasteiger partial charge >= 0.3 is 0 Å². The summed E-state index contributed by atoms with van der Waals surface area (Å²) in [6.45, 7) is 10.5. The predicted molar refractivity (Wildman–Crippen MR) is 118 cm³/mol. The lowest BCUT2D eigenvalue weighted by Crippen LogP contribution is -2.42. The van der Waals surface area contributed by atoms with Crippen LogP contribution in [-0.2, 0) is 9.84 Å². The minimum Gasteiger partial charge on any atom is -0.356 e. The normalized spacial score (nSPS) is 13.8. The van der Waals surface area contributed by atoms with Crippen LogP contribution in [0.3, 0.4) is 0 Å². The van der Waals surface area contributed by atoms with Gasteiger partial charge in [0.15, 0.2) is 15.8 Å². The minimum absolute atomic E-state index is 0. The first-order chi connectivity index (χ1) is 11.1. The van der Waals surface area contributed by atoms with Crippen molar-refractivity contribution in [1.82, 2.24) is 10.6 Å². The van der Waals surface area contributed by atoms with E-state index in [1.165, 1.54) is 11.1 Å². The molecule has 0 aliphatic rings. The standard InChI is InChI=1S/C18H31N3O2S.HI/c1-14-8-7-9-16(12-14)15(2)13-21-17(19-6)20-10-11-24(22,23)18(3,4)5;/h7-9,12,15H,10-11,13H2,1-6H3,(H2,19,20,21);1H. The molecule has 0 amide bonds. The molecule has 0 bridgehead atoms. The smallest absolute Gasteiger partial charge is 0.191 e. The number of guanidine groups is 1. The van der Waals surface area contributed by atoms with Crippen LogP contribution in [0.1, 0.15) is 44.7 Å². The van der Waals surface area contributed by atoms with Crippen LogP contribution >= 0.6 is 24.0 Å². The van der Waals surface area contributed by atoms with Crippen molar-refractivity contribution in [3.05, 3.63) is 35.4 Å². The molecule has 0 saturated carbocycles. The molecule has 0 aliphatic heterocycles. The summed E-state index contributed by atoms with van der Waals surface area (Å²) in [6.07, 6.45) is 0. The SMILES string of the molecule is CN=C(NCCS(=O)(=O)C(C)(C)C)NCC(C)c1cccc(C)c1.I. The summed E-state index contributed by atoms with van der Waals surface area (Å²) in [5.74, 6) is 1.05. The molecule has 25 heavy (non-hydrogen) atoms. The Morgan fingerprint density at radius 1 is 1.24 bits per heavy atom. The number of nitrogens with one attached hydrogen (secondary N) is 2. The molecule has 0 fully saturated rings. The zero-order chi connectivity index (χ0) is 18.4. The molecule has 0 aromatic heterocycles. The van der Waals surface area contributed by atoms with Crippen LogP contribution in [0.4, 0.5) is 0 Å². The third-order valence-electron chi connectivity index (χ3n) is 4.01. The van der Waals surface area contributed by atoms with Gasteiger partial charge in [0, 0.05) is 20.1 Å². The molecule has 2 N–H and O–H groups in total. The van der Waals surface area contributed by atoms with E-state index in [9.17, 15) is 8.42 Å². The van der Waals surface area contributed by atoms with E-state index in [0.717, 1.165) is 6.54 Å². The Labute approximate surface area is 170 Å². The van der Waals surface area contributed by atoms with E-state index in [1.54, 1.807) is 27.8 Å². The molecule has 144 valence electrons. The fraction of sp³-hybridized carbons (Fsp3) is 0.611. The maximum absolute atomic E-state index is 12.1. The van der Waals surface area contributed by atoms with Gasteiger partial charge < -0.3 is 10.6 Å². The van der Waals surface area contributed by atoms with E-state index in [0.29, 0.717) is 18.4 Å². The van der Waals surface area contributed by atoms with E-state index in [4.69, 9.17) is 0 Å². The number of aliphatic imine (C=N–C) groups is 1. The lowest BCUT2D eigenvalue weighted by Gasteiger charge is -2.20. The van der Waals surface area contributed by atoms with Crippen molar-refractivity contribution in [2.75, 3.05) is 25.9 Å². The van der Waals surface area contributed by atoms with E-state index in [1.807, 2.05) is 0 Å². The number of halogens is 1. The van der Waals surface area contributed by atoms with Crippen molar-refractivity contribution in [3.63, 3.8) is 0 Å². The maximum atomic E-state index is 12.1. The molecule has 0 saturated heterocycles. The highest BCUT2D eigenvalue weighted by Gasteiger charge is 2.28. The van der Waals surface area contributed by atoms with Gasteiger partial charge in [0.25, 0.3) is 0 Å². The van der Waals surface area contributed by atoms with Gasteiger partial charge in [-0.05, 0) is 39.2 Å². The fourth-order valence-corrected chi connectivity index (χ4v) is 3.16. The van der Waals surface area contributed by atoms with E-state index >= 15 is 0 Å². The second kappa shape index (κ2) is 10.4. The first-order valence-corrected chi connectivity index (χ1v) is 9.95. The van der Waals surface area contributed by atoms with Gasteiger partial charge in [-0.1, -0.05) is 36.8 Å². The summed E-state index contributed by atoms with van der Waals surface area (Å²) in [6, 6.07) is 8.44. The van der Waals surface area contributed by atoms with Crippen molar-refractivity contribution < 1.29 is 8.42 Å². The van der Waals surface area contributed by atoms with Crippen LogP contribution in [-0.4, -0.2) is 45.0 Å². The van der Waals surface area contributed by atoms with Crippen molar-refractivity contribution >= 4 is 39.8 Å². The van der Waals surface area contributed by atoms with Gasteiger partial charge in [0.05, 0.1) is 10.5 Å². The number of hydrogen-bond donors (Lipinski definition) is 2. The first kappa shape index (κ1) is 24.2. The van der Waals surface area contributed by atoms with Gasteiger partial charge in [0.2, 0.25) is 0 Å². The van der Waals surface area contributed by atoms with E-state index in [-0.39, 0.29) is 29.7 Å². The van der Waals surface area contributed by atoms with Crippen LogP contribution in [0.15, 0.2) is 29.3 Å². The number of sulfone groups is 1. The highest BCUT2D eigenvalue weighted by atomic mass is 127. The molecule has 1 unspecified atom stereocenters. The molecule has 7 heteroatoms. The Bertz CT molecular complexity index is 667. The number of rotatable bonds is 6. The molecule has 0 spiro atoms. The van der Waals surface area contributed by atoms with Crippen molar-refractivity contribution in [2.24, 2.45) is 4.99 Å². The van der Waals surface area contributed by atoms with Crippen LogP contribution in [0.2, 0.25) is 0 Å². The fourth-order valence-electron chi connectivity index (χ4n) is 2.17. The summed E-state index contributed by atoms with van der Waals surface area (Å²) in [7, 11) is -1.44. The monoisotopic (exact) mass is 481 g/mol. The maximum Gasteiger partial charge on any atom is 0.191 e. The molecule has 1 rings (SSSR count). The lowest BCUT2D eigenvalue weighted by molar-refractivity contribution is 0.559. The second-order valence-electron chi connectivity index (χ2n) is 7.13. The summed E-state index contributed by atoms with van der Waals surface area (Å²) >= 11 is 0.